The van der Waals surface area contributed by atoms with Gasteiger partial charge in [0, 0.05) is 19.7 Å². The average Bonchev–Trinajstić information content (AvgIpc) is 2.93. The molecular weight excluding hydrogens is 260 g/mol. The van der Waals surface area contributed by atoms with Crippen LogP contribution >= 0.6 is 0 Å². The molecule has 0 fully saturated rings. The number of rotatable bonds is 4. The van der Waals surface area contributed by atoms with Gasteiger partial charge >= 0.3 is 0 Å². The van der Waals surface area contributed by atoms with E-state index in [-0.39, 0.29) is 0 Å². The second-order valence-corrected chi connectivity index (χ2v) is 5.23. The Kier molecular flexibility index (Phi) is 3.84. The first-order valence-electron chi connectivity index (χ1n) is 7.03. The van der Waals surface area contributed by atoms with E-state index in [2.05, 4.69) is 29.4 Å². The first kappa shape index (κ1) is 13.6. The zero-order valence-electron chi connectivity index (χ0n) is 12.0. The lowest BCUT2D eigenvalue weighted by atomic mass is 9.99. The lowest BCUT2D eigenvalue weighted by Crippen LogP contribution is -2.01. The van der Waals surface area contributed by atoms with Gasteiger partial charge in [0.05, 0.1) is 12.3 Å². The predicted molar refractivity (Wildman–Crippen MR) is 83.7 cm³/mol. The smallest absolute Gasteiger partial charge is 0.0831 e. The molecule has 21 heavy (non-hydrogen) atoms. The van der Waals surface area contributed by atoms with Crippen LogP contribution in [0.1, 0.15) is 17.2 Å². The molecule has 0 aliphatic heterocycles. The second kappa shape index (κ2) is 5.94. The molecule has 0 aliphatic carbocycles. The summed E-state index contributed by atoms with van der Waals surface area (Å²) in [7, 11) is 1.88. The second-order valence-electron chi connectivity index (χ2n) is 5.23. The molecule has 0 amide bonds. The Labute approximate surface area is 124 Å². The maximum atomic E-state index is 10.3. The van der Waals surface area contributed by atoms with E-state index < -0.39 is 6.10 Å². The lowest BCUT2D eigenvalue weighted by Gasteiger charge is -2.10. The monoisotopic (exact) mass is 278 g/mol. The number of nitrogens with zero attached hydrogens (tertiary/aromatic N) is 2. The average molecular weight is 278 g/mol. The first-order chi connectivity index (χ1) is 10.2. The van der Waals surface area contributed by atoms with Crippen molar-refractivity contribution in [2.45, 2.75) is 12.5 Å². The Morgan fingerprint density at radius 3 is 2.29 bits per heavy atom. The summed E-state index contributed by atoms with van der Waals surface area (Å²) in [5.74, 6) is 0. The van der Waals surface area contributed by atoms with Gasteiger partial charge in [0.15, 0.2) is 0 Å². The fraction of sp³-hybridized carbons (Fsp3) is 0.167. The molecule has 0 saturated heterocycles. The fourth-order valence-electron chi connectivity index (χ4n) is 2.45. The Morgan fingerprint density at radius 1 is 1.00 bits per heavy atom. The molecule has 3 nitrogen and oxygen atoms in total. The van der Waals surface area contributed by atoms with E-state index in [1.54, 1.807) is 10.9 Å². The molecule has 2 aromatic carbocycles. The van der Waals surface area contributed by atoms with Crippen LogP contribution in [0, 0.1) is 0 Å². The molecule has 1 atom stereocenters. The van der Waals surface area contributed by atoms with Crippen molar-refractivity contribution in [3.8, 4) is 11.1 Å². The molecule has 3 aromatic rings. The van der Waals surface area contributed by atoms with E-state index in [1.807, 2.05) is 43.6 Å². The highest BCUT2D eigenvalue weighted by atomic mass is 16.3. The molecular formula is C18H18N2O. The minimum absolute atomic E-state index is 0.501. The van der Waals surface area contributed by atoms with E-state index in [0.29, 0.717) is 6.42 Å². The molecule has 1 heterocycles. The topological polar surface area (TPSA) is 38.0 Å². The standard InChI is InChI=1S/C18H18N2O/c1-20-13-14(12-19-20)11-18(21)17-9-7-16(8-10-17)15-5-3-2-4-6-15/h2-10,12-13,18,21H,11H2,1H3. The van der Waals surface area contributed by atoms with Crippen LogP contribution in [-0.4, -0.2) is 14.9 Å². The van der Waals surface area contributed by atoms with Crippen molar-refractivity contribution < 1.29 is 5.11 Å². The van der Waals surface area contributed by atoms with Gasteiger partial charge in [-0.25, -0.2) is 0 Å². The summed E-state index contributed by atoms with van der Waals surface area (Å²) < 4.78 is 1.75. The summed E-state index contributed by atoms with van der Waals surface area (Å²) >= 11 is 0. The summed E-state index contributed by atoms with van der Waals surface area (Å²) in [5, 5.41) is 14.4. The molecule has 1 unspecified atom stereocenters. The maximum absolute atomic E-state index is 10.3. The van der Waals surface area contributed by atoms with E-state index >= 15 is 0 Å². The Morgan fingerprint density at radius 2 is 1.67 bits per heavy atom. The number of benzene rings is 2. The molecule has 0 saturated carbocycles. The van der Waals surface area contributed by atoms with Crippen molar-refractivity contribution in [2.24, 2.45) is 7.05 Å². The largest absolute Gasteiger partial charge is 0.388 e. The lowest BCUT2D eigenvalue weighted by molar-refractivity contribution is 0.178. The van der Waals surface area contributed by atoms with E-state index in [1.165, 1.54) is 5.56 Å². The summed E-state index contributed by atoms with van der Waals surface area (Å²) in [6.07, 6.45) is 3.81. The number of aromatic nitrogens is 2. The zero-order chi connectivity index (χ0) is 14.7. The van der Waals surface area contributed by atoms with Crippen LogP contribution in [0.3, 0.4) is 0 Å². The van der Waals surface area contributed by atoms with Gasteiger partial charge < -0.3 is 5.11 Å². The fourth-order valence-corrected chi connectivity index (χ4v) is 2.45. The molecule has 0 spiro atoms. The molecule has 1 aromatic heterocycles. The van der Waals surface area contributed by atoms with Gasteiger partial charge in [-0.05, 0) is 22.3 Å². The van der Waals surface area contributed by atoms with Crippen LogP contribution in [0.2, 0.25) is 0 Å². The van der Waals surface area contributed by atoms with Crippen molar-refractivity contribution in [1.82, 2.24) is 9.78 Å². The summed E-state index contributed by atoms with van der Waals surface area (Å²) in [6.45, 7) is 0. The Balaban J connectivity index is 1.74. The van der Waals surface area contributed by atoms with E-state index in [4.69, 9.17) is 0 Å². The third-order valence-electron chi connectivity index (χ3n) is 3.59. The quantitative estimate of drug-likeness (QED) is 0.794. The highest BCUT2D eigenvalue weighted by Gasteiger charge is 2.10. The Bertz CT molecular complexity index is 702. The van der Waals surface area contributed by atoms with Gasteiger partial charge in [-0.1, -0.05) is 54.6 Å². The minimum atomic E-state index is -0.501. The number of aliphatic hydroxyl groups excluding tert-OH is 1. The van der Waals surface area contributed by atoms with Crippen LogP contribution in [0.5, 0.6) is 0 Å². The molecule has 1 N–H and O–H groups in total. The minimum Gasteiger partial charge on any atom is -0.388 e. The van der Waals surface area contributed by atoms with Gasteiger partial charge in [0.25, 0.3) is 0 Å². The number of aryl methyl sites for hydroxylation is 1. The summed E-state index contributed by atoms with van der Waals surface area (Å²) in [5.41, 5.74) is 4.31. The number of aliphatic hydroxyl groups is 1. The van der Waals surface area contributed by atoms with Crippen LogP contribution in [0.4, 0.5) is 0 Å². The van der Waals surface area contributed by atoms with Gasteiger partial charge in [0.2, 0.25) is 0 Å². The zero-order valence-corrected chi connectivity index (χ0v) is 12.0. The molecule has 3 heteroatoms. The highest BCUT2D eigenvalue weighted by Crippen LogP contribution is 2.23. The molecule has 0 radical (unpaired) electrons. The van der Waals surface area contributed by atoms with Gasteiger partial charge in [0.1, 0.15) is 0 Å². The summed E-state index contributed by atoms with van der Waals surface area (Å²) in [6, 6.07) is 18.3. The highest BCUT2D eigenvalue weighted by molar-refractivity contribution is 5.63. The van der Waals surface area contributed by atoms with Gasteiger partial charge in [-0.2, -0.15) is 5.10 Å². The molecule has 0 aliphatic rings. The van der Waals surface area contributed by atoms with E-state index in [9.17, 15) is 5.11 Å². The van der Waals surface area contributed by atoms with Gasteiger partial charge in [-0.15, -0.1) is 0 Å². The number of hydrogen-bond donors (Lipinski definition) is 1. The van der Waals surface area contributed by atoms with Crippen molar-refractivity contribution >= 4 is 0 Å². The SMILES string of the molecule is Cn1cc(CC(O)c2ccc(-c3ccccc3)cc2)cn1. The third-order valence-corrected chi connectivity index (χ3v) is 3.59. The first-order valence-corrected chi connectivity index (χ1v) is 7.03. The van der Waals surface area contributed by atoms with Crippen LogP contribution in [0.25, 0.3) is 11.1 Å². The third kappa shape index (κ3) is 3.20. The molecule has 106 valence electrons. The van der Waals surface area contributed by atoms with Gasteiger partial charge in [-0.3, -0.25) is 4.68 Å². The van der Waals surface area contributed by atoms with Crippen molar-refractivity contribution in [2.75, 3.05) is 0 Å². The van der Waals surface area contributed by atoms with Crippen LogP contribution in [-0.2, 0) is 13.5 Å². The predicted octanol–water partition coefficient (Wildman–Crippen LogP) is 3.36. The normalized spacial score (nSPS) is 12.3. The van der Waals surface area contributed by atoms with Crippen molar-refractivity contribution in [3.63, 3.8) is 0 Å². The van der Waals surface area contributed by atoms with Crippen molar-refractivity contribution in [1.29, 1.82) is 0 Å². The van der Waals surface area contributed by atoms with Crippen molar-refractivity contribution in [3.05, 3.63) is 78.1 Å². The summed E-state index contributed by atoms with van der Waals surface area (Å²) in [4.78, 5) is 0. The Hall–Kier alpha value is -2.39. The molecule has 0 bridgehead atoms. The van der Waals surface area contributed by atoms with E-state index in [0.717, 1.165) is 16.7 Å². The van der Waals surface area contributed by atoms with Crippen LogP contribution in [0.15, 0.2) is 67.0 Å². The number of hydrogen-bond acceptors (Lipinski definition) is 2. The maximum Gasteiger partial charge on any atom is 0.0831 e. The van der Waals surface area contributed by atoms with Crippen LogP contribution < -0.4 is 0 Å². The molecule has 3 rings (SSSR count).